The van der Waals surface area contributed by atoms with Crippen molar-refractivity contribution in [1.82, 2.24) is 15.3 Å². The number of nitrogens with one attached hydrogen (secondary N) is 1. The van der Waals surface area contributed by atoms with Gasteiger partial charge in [0.2, 0.25) is 0 Å². The second kappa shape index (κ2) is 6.14. The average Bonchev–Trinajstić information content (AvgIpc) is 2.86. The van der Waals surface area contributed by atoms with Crippen molar-refractivity contribution >= 4 is 22.9 Å². The monoisotopic (exact) mass is 345 g/mol. The summed E-state index contributed by atoms with van der Waals surface area (Å²) in [6.07, 6.45) is -4.36. The third kappa shape index (κ3) is 3.36. The molecule has 1 unspecified atom stereocenters. The number of benzene rings is 1. The second-order valence-corrected chi connectivity index (χ2v) is 6.23. The Labute approximate surface area is 134 Å². The number of imide groups is 1. The van der Waals surface area contributed by atoms with E-state index in [9.17, 15) is 22.8 Å². The van der Waals surface area contributed by atoms with Crippen molar-refractivity contribution in [2.75, 3.05) is 25.4 Å². The first-order valence-electron chi connectivity index (χ1n) is 7.01. The molecule has 9 heteroatoms. The van der Waals surface area contributed by atoms with Gasteiger partial charge in [0, 0.05) is 25.7 Å². The number of rotatable bonds is 2. The molecule has 5 nitrogen and oxygen atoms in total. The molecule has 0 spiro atoms. The maximum absolute atomic E-state index is 12.6. The van der Waals surface area contributed by atoms with E-state index in [2.05, 4.69) is 5.32 Å². The number of amides is 2. The fourth-order valence-corrected chi connectivity index (χ4v) is 3.37. The largest absolute Gasteiger partial charge is 0.416 e. The molecule has 0 radical (unpaired) electrons. The summed E-state index contributed by atoms with van der Waals surface area (Å²) in [6, 6.07) is 4.69. The van der Waals surface area contributed by atoms with Crippen molar-refractivity contribution in [2.45, 2.75) is 12.2 Å². The topological polar surface area (TPSA) is 52.7 Å². The zero-order chi connectivity index (χ0) is 16.6. The molecule has 2 fully saturated rings. The summed E-state index contributed by atoms with van der Waals surface area (Å²) >= 11 is 0.959. The summed E-state index contributed by atoms with van der Waals surface area (Å²) in [6.45, 7) is 1.38. The van der Waals surface area contributed by atoms with Crippen molar-refractivity contribution in [1.29, 1.82) is 0 Å². The maximum Gasteiger partial charge on any atom is 0.416 e. The van der Waals surface area contributed by atoms with E-state index in [1.807, 2.05) is 0 Å². The summed E-state index contributed by atoms with van der Waals surface area (Å²) in [5.74, 6) is -0.124. The van der Waals surface area contributed by atoms with Gasteiger partial charge in [-0.1, -0.05) is 23.9 Å². The van der Waals surface area contributed by atoms with Gasteiger partial charge in [-0.2, -0.15) is 18.2 Å². The quantitative estimate of drug-likeness (QED) is 0.891. The number of alkyl halides is 3. The second-order valence-electron chi connectivity index (χ2n) is 5.30. The molecule has 2 heterocycles. The highest BCUT2D eigenvalue weighted by Gasteiger charge is 2.37. The number of piperazine rings is 1. The molecule has 1 atom stereocenters. The van der Waals surface area contributed by atoms with Crippen LogP contribution in [-0.2, 0) is 11.0 Å². The number of halogens is 3. The van der Waals surface area contributed by atoms with Crippen LogP contribution in [0.25, 0.3) is 0 Å². The first-order valence-corrected chi connectivity index (χ1v) is 8.00. The van der Waals surface area contributed by atoms with Gasteiger partial charge in [0.25, 0.3) is 5.91 Å². The number of nitrogens with zero attached hydrogens (tertiary/aromatic N) is 2. The van der Waals surface area contributed by atoms with Crippen LogP contribution in [0.3, 0.4) is 0 Å². The number of hydrogen-bond acceptors (Lipinski definition) is 5. The molecule has 2 saturated heterocycles. The molecule has 0 saturated carbocycles. The van der Waals surface area contributed by atoms with E-state index < -0.39 is 11.7 Å². The van der Waals surface area contributed by atoms with E-state index in [0.717, 1.165) is 28.9 Å². The number of thioether (sulfide) groups is 1. The van der Waals surface area contributed by atoms with Crippen LogP contribution in [0.4, 0.5) is 18.0 Å². The number of carbonyl (C=O) groups excluding carboxylic acids is 2. The normalized spacial score (nSPS) is 23.6. The standard InChI is InChI=1S/C14H14F3N3O2S/c15-14(16,17)10-3-1-9(2-4-10)11-7-19(6-5-18-11)20-12(21)8-23-13(20)22/h1-4,11,18H,5-8H2. The van der Waals surface area contributed by atoms with Gasteiger partial charge in [0.05, 0.1) is 11.3 Å². The lowest BCUT2D eigenvalue weighted by Gasteiger charge is -2.37. The molecular weight excluding hydrogens is 331 g/mol. The Morgan fingerprint density at radius 1 is 1.17 bits per heavy atom. The Hall–Kier alpha value is -1.58. The SMILES string of the molecule is O=C1CSC(=O)N1N1CCNC(c2ccc(C(F)(F)F)cc2)C1. The van der Waals surface area contributed by atoms with Crippen LogP contribution in [0.5, 0.6) is 0 Å². The van der Waals surface area contributed by atoms with Crippen molar-refractivity contribution < 1.29 is 22.8 Å². The first kappa shape index (κ1) is 16.3. The minimum atomic E-state index is -4.36. The molecule has 23 heavy (non-hydrogen) atoms. The van der Waals surface area contributed by atoms with E-state index in [0.29, 0.717) is 25.2 Å². The van der Waals surface area contributed by atoms with Crippen molar-refractivity contribution in [2.24, 2.45) is 0 Å². The molecule has 2 amide bonds. The van der Waals surface area contributed by atoms with Crippen LogP contribution in [0.2, 0.25) is 0 Å². The summed E-state index contributed by atoms with van der Waals surface area (Å²) < 4.78 is 37.8. The van der Waals surface area contributed by atoms with Crippen LogP contribution >= 0.6 is 11.8 Å². The highest BCUT2D eigenvalue weighted by molar-refractivity contribution is 8.14. The van der Waals surface area contributed by atoms with Gasteiger partial charge < -0.3 is 5.32 Å². The van der Waals surface area contributed by atoms with Crippen LogP contribution in [0, 0.1) is 0 Å². The summed E-state index contributed by atoms with van der Waals surface area (Å²) in [7, 11) is 0. The molecule has 1 N–H and O–H groups in total. The lowest BCUT2D eigenvalue weighted by atomic mass is 10.0. The predicted molar refractivity (Wildman–Crippen MR) is 78.5 cm³/mol. The first-order chi connectivity index (χ1) is 10.9. The van der Waals surface area contributed by atoms with Crippen molar-refractivity contribution in [3.63, 3.8) is 0 Å². The number of hydrogen-bond donors (Lipinski definition) is 1. The number of hydrazine groups is 1. The molecule has 3 rings (SSSR count). The third-order valence-corrected chi connectivity index (χ3v) is 4.62. The fourth-order valence-electron chi connectivity index (χ4n) is 2.66. The minimum absolute atomic E-state index is 0.133. The molecule has 1 aromatic rings. The molecule has 0 aliphatic carbocycles. The summed E-state index contributed by atoms with van der Waals surface area (Å²) in [5, 5.41) is 5.69. The van der Waals surface area contributed by atoms with Gasteiger partial charge in [0.1, 0.15) is 0 Å². The summed E-state index contributed by atoms with van der Waals surface area (Å²) in [5.41, 5.74) is -0.00957. The Balaban J connectivity index is 1.73. The molecular formula is C14H14F3N3O2S. The van der Waals surface area contributed by atoms with Gasteiger partial charge in [-0.3, -0.25) is 9.59 Å². The van der Waals surface area contributed by atoms with Crippen LogP contribution in [-0.4, -0.2) is 46.6 Å². The van der Waals surface area contributed by atoms with Gasteiger partial charge in [-0.25, -0.2) is 5.01 Å². The van der Waals surface area contributed by atoms with E-state index >= 15 is 0 Å². The van der Waals surface area contributed by atoms with E-state index in [-0.39, 0.29) is 22.9 Å². The lowest BCUT2D eigenvalue weighted by molar-refractivity contribution is -0.139. The van der Waals surface area contributed by atoms with Crippen LogP contribution in [0.15, 0.2) is 24.3 Å². The van der Waals surface area contributed by atoms with Crippen LogP contribution < -0.4 is 5.32 Å². The predicted octanol–water partition coefficient (Wildman–Crippen LogP) is 2.26. The van der Waals surface area contributed by atoms with Gasteiger partial charge in [0.15, 0.2) is 0 Å². The van der Waals surface area contributed by atoms with Gasteiger partial charge >= 0.3 is 11.4 Å². The van der Waals surface area contributed by atoms with Crippen molar-refractivity contribution in [3.05, 3.63) is 35.4 Å². The van der Waals surface area contributed by atoms with E-state index in [4.69, 9.17) is 0 Å². The fraction of sp³-hybridized carbons (Fsp3) is 0.429. The summed E-state index contributed by atoms with van der Waals surface area (Å²) in [4.78, 5) is 23.5. The molecule has 0 bridgehead atoms. The maximum atomic E-state index is 12.6. The zero-order valence-electron chi connectivity index (χ0n) is 12.0. The van der Waals surface area contributed by atoms with E-state index in [1.165, 1.54) is 12.1 Å². The highest BCUT2D eigenvalue weighted by Crippen LogP contribution is 2.31. The van der Waals surface area contributed by atoms with E-state index in [1.54, 1.807) is 5.01 Å². The van der Waals surface area contributed by atoms with Gasteiger partial charge in [-0.05, 0) is 17.7 Å². The Kier molecular flexibility index (Phi) is 4.35. The van der Waals surface area contributed by atoms with Gasteiger partial charge in [-0.15, -0.1) is 0 Å². The smallest absolute Gasteiger partial charge is 0.307 e. The zero-order valence-corrected chi connectivity index (χ0v) is 12.8. The molecule has 2 aliphatic heterocycles. The average molecular weight is 345 g/mol. The van der Waals surface area contributed by atoms with Crippen LogP contribution in [0.1, 0.15) is 17.2 Å². The molecule has 124 valence electrons. The molecule has 0 aromatic heterocycles. The number of carbonyl (C=O) groups is 2. The van der Waals surface area contributed by atoms with Crippen molar-refractivity contribution in [3.8, 4) is 0 Å². The Bertz CT molecular complexity index is 605. The molecule has 1 aromatic carbocycles. The minimum Gasteiger partial charge on any atom is -0.307 e. The molecule has 2 aliphatic rings. The third-order valence-electron chi connectivity index (χ3n) is 3.81. The Morgan fingerprint density at radius 2 is 1.87 bits per heavy atom. The highest BCUT2D eigenvalue weighted by atomic mass is 32.2. The Morgan fingerprint density at radius 3 is 2.43 bits per heavy atom. The lowest BCUT2D eigenvalue weighted by Crippen LogP contribution is -2.55.